The van der Waals surface area contributed by atoms with Gasteiger partial charge in [-0.05, 0) is 57.8 Å². The molecule has 0 aromatic carbocycles. The highest BCUT2D eigenvalue weighted by Gasteiger charge is 2.19. The lowest BCUT2D eigenvalue weighted by Gasteiger charge is -2.18. The number of carbonyl (C=O) groups excluding carboxylic acids is 3. The molecule has 0 heterocycles. The highest BCUT2D eigenvalue weighted by atomic mass is 16.6. The van der Waals surface area contributed by atoms with Crippen molar-refractivity contribution in [2.75, 3.05) is 13.2 Å². The Morgan fingerprint density at radius 2 is 0.506 bits per heavy atom. The first-order chi connectivity index (χ1) is 38.0. The quantitative estimate of drug-likeness (QED) is 0.0261. The van der Waals surface area contributed by atoms with Crippen LogP contribution in [-0.2, 0) is 28.6 Å². The van der Waals surface area contributed by atoms with Crippen molar-refractivity contribution in [3.05, 3.63) is 72.9 Å². The summed E-state index contributed by atoms with van der Waals surface area (Å²) in [5.74, 6) is -0.960. The third kappa shape index (κ3) is 63.6. The fraction of sp³-hybridized carbons (Fsp3) is 0.789. The lowest BCUT2D eigenvalue weighted by molar-refractivity contribution is -0.166. The molecule has 0 aromatic heterocycles. The van der Waals surface area contributed by atoms with Crippen molar-refractivity contribution in [3.63, 3.8) is 0 Å². The molecule has 6 nitrogen and oxygen atoms in total. The van der Waals surface area contributed by atoms with Crippen molar-refractivity contribution < 1.29 is 28.6 Å². The molecular formula is C71H126O6. The van der Waals surface area contributed by atoms with E-state index in [2.05, 4.69) is 87.6 Å². The van der Waals surface area contributed by atoms with Gasteiger partial charge in [0, 0.05) is 19.3 Å². The summed E-state index contributed by atoms with van der Waals surface area (Å²) in [6.07, 6.45) is 85.0. The van der Waals surface area contributed by atoms with Crippen LogP contribution in [0.5, 0.6) is 0 Å². The molecule has 0 rings (SSSR count). The minimum Gasteiger partial charge on any atom is -0.462 e. The molecule has 446 valence electrons. The molecule has 0 amide bonds. The second-order valence-electron chi connectivity index (χ2n) is 22.4. The molecule has 0 aliphatic rings. The Kier molecular flexibility index (Phi) is 62.7. The van der Waals surface area contributed by atoms with Crippen LogP contribution in [0.4, 0.5) is 0 Å². The van der Waals surface area contributed by atoms with Gasteiger partial charge in [-0.25, -0.2) is 0 Å². The Morgan fingerprint density at radius 3 is 0.792 bits per heavy atom. The number of esters is 3. The molecule has 0 bridgehead atoms. The molecule has 0 spiro atoms. The van der Waals surface area contributed by atoms with E-state index in [1.165, 1.54) is 218 Å². The lowest BCUT2D eigenvalue weighted by Crippen LogP contribution is -2.30. The van der Waals surface area contributed by atoms with Gasteiger partial charge in [-0.3, -0.25) is 14.4 Å². The molecule has 0 unspecified atom stereocenters. The molecule has 0 aromatic rings. The molecule has 1 atom stereocenters. The number of unbranched alkanes of at least 4 members (excludes halogenated alkanes) is 38. The van der Waals surface area contributed by atoms with Crippen LogP contribution >= 0.6 is 0 Å². The summed E-state index contributed by atoms with van der Waals surface area (Å²) >= 11 is 0. The molecule has 0 saturated carbocycles. The second-order valence-corrected chi connectivity index (χ2v) is 22.4. The van der Waals surface area contributed by atoms with Gasteiger partial charge in [0.25, 0.3) is 0 Å². The van der Waals surface area contributed by atoms with Crippen molar-refractivity contribution in [1.29, 1.82) is 0 Å². The zero-order valence-corrected chi connectivity index (χ0v) is 51.2. The molecule has 0 aliphatic carbocycles. The van der Waals surface area contributed by atoms with Gasteiger partial charge in [0.05, 0.1) is 0 Å². The third-order valence-corrected chi connectivity index (χ3v) is 14.7. The van der Waals surface area contributed by atoms with Gasteiger partial charge in [0.1, 0.15) is 13.2 Å². The van der Waals surface area contributed by atoms with Crippen LogP contribution in [0.25, 0.3) is 0 Å². The normalized spacial score (nSPS) is 12.5. The topological polar surface area (TPSA) is 78.9 Å². The summed E-state index contributed by atoms with van der Waals surface area (Å²) in [5.41, 5.74) is 0. The third-order valence-electron chi connectivity index (χ3n) is 14.7. The number of hydrogen-bond donors (Lipinski definition) is 0. The van der Waals surface area contributed by atoms with E-state index in [0.717, 1.165) is 77.0 Å². The fourth-order valence-electron chi connectivity index (χ4n) is 9.77. The minimum absolute atomic E-state index is 0.0938. The number of ether oxygens (including phenoxy) is 3. The van der Waals surface area contributed by atoms with Crippen LogP contribution in [0.1, 0.15) is 342 Å². The monoisotopic (exact) mass is 1070 g/mol. The Labute approximate surface area is 478 Å². The maximum Gasteiger partial charge on any atom is 0.306 e. The molecule has 6 heteroatoms. The Balaban J connectivity index is 4.42. The smallest absolute Gasteiger partial charge is 0.306 e. The highest BCUT2D eigenvalue weighted by molar-refractivity contribution is 5.71. The molecule has 0 N–H and O–H groups in total. The number of allylic oxidation sites excluding steroid dienone is 12. The zero-order valence-electron chi connectivity index (χ0n) is 51.2. The number of rotatable bonds is 61. The average Bonchev–Trinajstić information content (AvgIpc) is 3.43. The predicted molar refractivity (Wildman–Crippen MR) is 335 cm³/mol. The van der Waals surface area contributed by atoms with E-state index in [9.17, 15) is 14.4 Å². The number of carbonyl (C=O) groups is 3. The van der Waals surface area contributed by atoms with E-state index in [-0.39, 0.29) is 37.5 Å². The van der Waals surface area contributed by atoms with Gasteiger partial charge in [0.2, 0.25) is 0 Å². The Hall–Kier alpha value is -3.15. The van der Waals surface area contributed by atoms with Gasteiger partial charge in [0.15, 0.2) is 6.10 Å². The van der Waals surface area contributed by atoms with Crippen molar-refractivity contribution in [2.45, 2.75) is 348 Å². The second kappa shape index (κ2) is 65.4. The molecule has 0 radical (unpaired) electrons. The molecular weight excluding hydrogens is 949 g/mol. The van der Waals surface area contributed by atoms with Crippen LogP contribution < -0.4 is 0 Å². The van der Waals surface area contributed by atoms with E-state index >= 15 is 0 Å². The van der Waals surface area contributed by atoms with Crippen LogP contribution in [-0.4, -0.2) is 37.2 Å². The molecule has 0 aliphatic heterocycles. The van der Waals surface area contributed by atoms with E-state index in [4.69, 9.17) is 14.2 Å². The van der Waals surface area contributed by atoms with Crippen molar-refractivity contribution in [1.82, 2.24) is 0 Å². The van der Waals surface area contributed by atoms with Crippen LogP contribution in [0, 0.1) is 0 Å². The first-order valence-electron chi connectivity index (χ1n) is 33.4. The van der Waals surface area contributed by atoms with Crippen LogP contribution in [0.15, 0.2) is 72.9 Å². The lowest BCUT2D eigenvalue weighted by atomic mass is 10.0. The molecule has 0 saturated heterocycles. The van der Waals surface area contributed by atoms with Crippen molar-refractivity contribution >= 4 is 17.9 Å². The Bertz CT molecular complexity index is 1420. The van der Waals surface area contributed by atoms with Gasteiger partial charge >= 0.3 is 17.9 Å². The minimum atomic E-state index is -0.804. The summed E-state index contributed by atoms with van der Waals surface area (Å²) in [7, 11) is 0. The van der Waals surface area contributed by atoms with Gasteiger partial charge in [-0.2, -0.15) is 0 Å². The summed E-state index contributed by atoms with van der Waals surface area (Å²) in [4.78, 5) is 38.4. The SMILES string of the molecule is CC/C=C\C/C=C\C/C=C\C/C=C\C/C=C\C/C=C\CCC(=O)OC[C@H](COC(=O)CCCCCCCCCCCCCCCCCCCCCCC)OC(=O)CCCCCCCCCCCCCCCCCCCCC. The predicted octanol–water partition coefficient (Wildman–Crippen LogP) is 22.9. The fourth-order valence-corrected chi connectivity index (χ4v) is 9.77. The zero-order chi connectivity index (χ0) is 55.7. The summed E-state index contributed by atoms with van der Waals surface area (Å²) in [5, 5.41) is 0. The molecule has 0 fully saturated rings. The largest absolute Gasteiger partial charge is 0.462 e. The van der Waals surface area contributed by atoms with Crippen LogP contribution in [0.2, 0.25) is 0 Å². The average molecular weight is 1080 g/mol. The van der Waals surface area contributed by atoms with E-state index < -0.39 is 6.10 Å². The summed E-state index contributed by atoms with van der Waals surface area (Å²) < 4.78 is 16.9. The van der Waals surface area contributed by atoms with Crippen LogP contribution in [0.3, 0.4) is 0 Å². The standard InChI is InChI=1S/C71H126O6/c1-4-7-10-13-16-19-22-25-28-31-34-35-38-40-43-46-49-52-55-58-61-64-70(73)76-67-68(77-71(74)65-62-59-56-53-50-47-44-41-37-33-30-27-24-21-18-15-12-9-6-3)66-75-69(72)63-60-57-54-51-48-45-42-39-36-32-29-26-23-20-17-14-11-8-5-2/h8,11,17,20,26,29,36,39,45,48,54,57,68H,4-7,9-10,12-16,18-19,21-25,27-28,30-35,37-38,40-44,46-47,49-53,55-56,58-67H2,1-3H3/b11-8-,20-17-,29-26-,39-36-,48-45-,57-54-/t68-/m1/s1. The van der Waals surface area contributed by atoms with E-state index in [0.29, 0.717) is 19.3 Å². The summed E-state index contributed by atoms with van der Waals surface area (Å²) in [6, 6.07) is 0. The van der Waals surface area contributed by atoms with E-state index in [1.807, 2.05) is 6.08 Å². The van der Waals surface area contributed by atoms with E-state index in [1.54, 1.807) is 0 Å². The van der Waals surface area contributed by atoms with Gasteiger partial charge < -0.3 is 14.2 Å². The van der Waals surface area contributed by atoms with Crippen molar-refractivity contribution in [2.24, 2.45) is 0 Å². The van der Waals surface area contributed by atoms with Crippen molar-refractivity contribution in [3.8, 4) is 0 Å². The maximum absolute atomic E-state index is 12.9. The first-order valence-corrected chi connectivity index (χ1v) is 33.4. The number of hydrogen-bond acceptors (Lipinski definition) is 6. The van der Waals surface area contributed by atoms with Gasteiger partial charge in [-0.15, -0.1) is 0 Å². The highest BCUT2D eigenvalue weighted by Crippen LogP contribution is 2.18. The first kappa shape index (κ1) is 73.8. The Morgan fingerprint density at radius 1 is 0.273 bits per heavy atom. The van der Waals surface area contributed by atoms with Gasteiger partial charge in [-0.1, -0.05) is 338 Å². The molecule has 77 heavy (non-hydrogen) atoms. The maximum atomic E-state index is 12.9. The summed E-state index contributed by atoms with van der Waals surface area (Å²) in [6.45, 7) is 6.52.